The predicted molar refractivity (Wildman–Crippen MR) is 91.7 cm³/mol. The Morgan fingerprint density at radius 2 is 2.04 bits per heavy atom. The molecule has 1 aromatic heterocycles. The fraction of sp³-hybridized carbons (Fsp3) is 0.421. The monoisotopic (exact) mass is 325 g/mol. The molecule has 0 aliphatic carbocycles. The molecule has 1 amide bonds. The summed E-state index contributed by atoms with van der Waals surface area (Å²) < 4.78 is 7.86. The molecule has 2 aliphatic heterocycles. The van der Waals surface area contributed by atoms with Crippen molar-refractivity contribution in [1.82, 2.24) is 14.4 Å². The van der Waals surface area contributed by atoms with Gasteiger partial charge in [-0.3, -0.25) is 9.69 Å². The molecule has 5 nitrogen and oxygen atoms in total. The van der Waals surface area contributed by atoms with E-state index >= 15 is 0 Å². The summed E-state index contributed by atoms with van der Waals surface area (Å²) >= 11 is 0. The van der Waals surface area contributed by atoms with Gasteiger partial charge in [0.05, 0.1) is 24.3 Å². The van der Waals surface area contributed by atoms with Crippen LogP contribution in [0, 0.1) is 0 Å². The maximum atomic E-state index is 12.7. The largest absolute Gasteiger partial charge is 0.373 e. The number of carbonyl (C=O) groups excluding carboxylic acids is 1. The van der Waals surface area contributed by atoms with Crippen LogP contribution >= 0.6 is 0 Å². The van der Waals surface area contributed by atoms with Crippen molar-refractivity contribution in [2.75, 3.05) is 26.2 Å². The van der Waals surface area contributed by atoms with Crippen molar-refractivity contribution < 1.29 is 9.53 Å². The molecule has 2 aliphatic rings. The van der Waals surface area contributed by atoms with E-state index < -0.39 is 0 Å². The fourth-order valence-corrected chi connectivity index (χ4v) is 3.75. The van der Waals surface area contributed by atoms with Gasteiger partial charge in [-0.2, -0.15) is 0 Å². The van der Waals surface area contributed by atoms with Gasteiger partial charge in [-0.05, 0) is 11.6 Å². The Morgan fingerprint density at radius 3 is 2.79 bits per heavy atom. The number of fused-ring (bicyclic) bond motifs is 1. The number of benzene rings is 1. The van der Waals surface area contributed by atoms with Crippen LogP contribution in [-0.4, -0.2) is 58.7 Å². The second-order valence-corrected chi connectivity index (χ2v) is 6.71. The van der Waals surface area contributed by atoms with Crippen LogP contribution in [0.5, 0.6) is 0 Å². The molecule has 0 unspecified atom stereocenters. The van der Waals surface area contributed by atoms with E-state index in [1.54, 1.807) is 0 Å². The van der Waals surface area contributed by atoms with Gasteiger partial charge in [-0.15, -0.1) is 0 Å². The molecule has 4 rings (SSSR count). The highest BCUT2D eigenvalue weighted by Gasteiger charge is 2.41. The highest BCUT2D eigenvalue weighted by Crippen LogP contribution is 2.25. The van der Waals surface area contributed by atoms with Crippen LogP contribution in [0.2, 0.25) is 0 Å². The molecular weight excluding hydrogens is 302 g/mol. The highest BCUT2D eigenvalue weighted by molar-refractivity contribution is 5.94. The SMILES string of the molecule is Cn1ccc(C(=O)N2C[C@@H]3OCCN(Cc4ccccc4)[C@H]3C2)c1. The summed E-state index contributed by atoms with van der Waals surface area (Å²) in [4.78, 5) is 17.1. The summed E-state index contributed by atoms with van der Waals surface area (Å²) in [6, 6.07) is 12.7. The molecule has 0 spiro atoms. The van der Waals surface area contributed by atoms with Crippen molar-refractivity contribution in [2.24, 2.45) is 7.05 Å². The number of ether oxygens (including phenoxy) is 1. The maximum Gasteiger partial charge on any atom is 0.255 e. The van der Waals surface area contributed by atoms with Crippen molar-refractivity contribution in [3.8, 4) is 0 Å². The maximum absolute atomic E-state index is 12.7. The van der Waals surface area contributed by atoms with E-state index in [1.165, 1.54) is 5.56 Å². The molecule has 2 atom stereocenters. The zero-order valence-corrected chi connectivity index (χ0v) is 14.0. The summed E-state index contributed by atoms with van der Waals surface area (Å²) in [7, 11) is 1.94. The standard InChI is InChI=1S/C19H23N3O2/c1-20-8-7-16(12-20)19(23)22-13-17-18(14-22)24-10-9-21(17)11-15-5-3-2-4-6-15/h2-8,12,17-18H,9-11,13-14H2,1H3/t17-,18-/m0/s1. The lowest BCUT2D eigenvalue weighted by atomic mass is 10.1. The predicted octanol–water partition coefficient (Wildman–Crippen LogP) is 1.75. The van der Waals surface area contributed by atoms with E-state index in [4.69, 9.17) is 4.74 Å². The lowest BCUT2D eigenvalue weighted by Gasteiger charge is -2.36. The van der Waals surface area contributed by atoms with Crippen LogP contribution in [0.3, 0.4) is 0 Å². The number of likely N-dealkylation sites (tertiary alicyclic amines) is 1. The molecule has 3 heterocycles. The average molecular weight is 325 g/mol. The van der Waals surface area contributed by atoms with Gasteiger partial charge < -0.3 is 14.2 Å². The molecule has 126 valence electrons. The van der Waals surface area contributed by atoms with Crippen LogP contribution in [0.15, 0.2) is 48.8 Å². The molecule has 1 aromatic carbocycles. The van der Waals surface area contributed by atoms with Crippen molar-refractivity contribution in [3.63, 3.8) is 0 Å². The molecule has 0 N–H and O–H groups in total. The van der Waals surface area contributed by atoms with E-state index in [0.717, 1.165) is 31.8 Å². The zero-order chi connectivity index (χ0) is 16.5. The second kappa shape index (κ2) is 6.42. The lowest BCUT2D eigenvalue weighted by Crippen LogP contribution is -2.50. The molecule has 2 saturated heterocycles. The molecule has 0 saturated carbocycles. The Hall–Kier alpha value is -2.11. The molecule has 0 radical (unpaired) electrons. The average Bonchev–Trinajstić information content (AvgIpc) is 3.22. The number of aryl methyl sites for hydroxylation is 1. The lowest BCUT2D eigenvalue weighted by molar-refractivity contribution is -0.0503. The fourth-order valence-electron chi connectivity index (χ4n) is 3.75. The topological polar surface area (TPSA) is 37.7 Å². The summed E-state index contributed by atoms with van der Waals surface area (Å²) in [5.74, 6) is 0.105. The van der Waals surface area contributed by atoms with Gasteiger partial charge in [0.15, 0.2) is 0 Å². The minimum atomic E-state index is 0.105. The number of hydrogen-bond acceptors (Lipinski definition) is 3. The zero-order valence-electron chi connectivity index (χ0n) is 14.0. The number of nitrogens with zero attached hydrogens (tertiary/aromatic N) is 3. The van der Waals surface area contributed by atoms with Crippen LogP contribution < -0.4 is 0 Å². The Bertz CT molecular complexity index is 712. The number of hydrogen-bond donors (Lipinski definition) is 0. The van der Waals surface area contributed by atoms with E-state index in [9.17, 15) is 4.79 Å². The Kier molecular flexibility index (Phi) is 4.12. The second-order valence-electron chi connectivity index (χ2n) is 6.71. The van der Waals surface area contributed by atoms with Gasteiger partial charge in [0.25, 0.3) is 5.91 Å². The minimum absolute atomic E-state index is 0.105. The van der Waals surface area contributed by atoms with E-state index in [-0.39, 0.29) is 18.1 Å². The first-order valence-electron chi connectivity index (χ1n) is 8.51. The van der Waals surface area contributed by atoms with Crippen LogP contribution in [-0.2, 0) is 18.3 Å². The number of morpholine rings is 1. The first-order valence-corrected chi connectivity index (χ1v) is 8.51. The van der Waals surface area contributed by atoms with E-state index in [1.807, 2.05) is 41.0 Å². The molecular formula is C19H23N3O2. The van der Waals surface area contributed by atoms with Gasteiger partial charge in [0.2, 0.25) is 0 Å². The summed E-state index contributed by atoms with van der Waals surface area (Å²) in [5, 5.41) is 0. The number of aromatic nitrogens is 1. The van der Waals surface area contributed by atoms with Crippen LogP contribution in [0.1, 0.15) is 15.9 Å². The normalized spacial score (nSPS) is 24.1. The summed E-state index contributed by atoms with van der Waals surface area (Å²) in [5.41, 5.74) is 2.07. The third-order valence-corrected chi connectivity index (χ3v) is 5.01. The third kappa shape index (κ3) is 2.97. The van der Waals surface area contributed by atoms with Gasteiger partial charge in [-0.1, -0.05) is 30.3 Å². The Labute approximate surface area is 142 Å². The van der Waals surface area contributed by atoms with Gasteiger partial charge >= 0.3 is 0 Å². The quantitative estimate of drug-likeness (QED) is 0.863. The van der Waals surface area contributed by atoms with Crippen molar-refractivity contribution in [2.45, 2.75) is 18.7 Å². The minimum Gasteiger partial charge on any atom is -0.373 e. The first kappa shape index (κ1) is 15.4. The smallest absolute Gasteiger partial charge is 0.255 e. The summed E-state index contributed by atoms with van der Waals surface area (Å²) in [6.45, 7) is 4.00. The molecule has 24 heavy (non-hydrogen) atoms. The molecule has 5 heteroatoms. The number of carbonyl (C=O) groups is 1. The van der Waals surface area contributed by atoms with Crippen molar-refractivity contribution in [3.05, 3.63) is 59.9 Å². The van der Waals surface area contributed by atoms with Crippen LogP contribution in [0.25, 0.3) is 0 Å². The Morgan fingerprint density at radius 1 is 1.21 bits per heavy atom. The molecule has 2 aromatic rings. The van der Waals surface area contributed by atoms with E-state index in [0.29, 0.717) is 6.54 Å². The molecule has 2 fully saturated rings. The van der Waals surface area contributed by atoms with E-state index in [2.05, 4.69) is 29.2 Å². The number of rotatable bonds is 3. The Balaban J connectivity index is 1.47. The third-order valence-electron chi connectivity index (χ3n) is 5.01. The first-order chi connectivity index (χ1) is 11.7. The van der Waals surface area contributed by atoms with Gasteiger partial charge in [-0.25, -0.2) is 0 Å². The summed E-state index contributed by atoms with van der Waals surface area (Å²) in [6.07, 6.45) is 3.91. The van der Waals surface area contributed by atoms with Crippen LogP contribution in [0.4, 0.5) is 0 Å². The van der Waals surface area contributed by atoms with Crippen molar-refractivity contribution in [1.29, 1.82) is 0 Å². The molecule has 0 bridgehead atoms. The highest BCUT2D eigenvalue weighted by atomic mass is 16.5. The van der Waals surface area contributed by atoms with Gasteiger partial charge in [0.1, 0.15) is 0 Å². The number of amides is 1. The van der Waals surface area contributed by atoms with Crippen molar-refractivity contribution >= 4 is 5.91 Å². The van der Waals surface area contributed by atoms with Gasteiger partial charge in [0, 0.05) is 45.6 Å².